The molecular formula is C13H22N2O2. The summed E-state index contributed by atoms with van der Waals surface area (Å²) >= 11 is 0. The number of hydrogen-bond acceptors (Lipinski definition) is 4. The SMILES string of the molecule is CC(C)C(c1nc(C2CCCC2)no1)C(C)O. The number of aromatic nitrogens is 2. The second-order valence-electron chi connectivity index (χ2n) is 5.48. The third kappa shape index (κ3) is 2.68. The van der Waals surface area contributed by atoms with Gasteiger partial charge in [0.2, 0.25) is 5.89 Å². The lowest BCUT2D eigenvalue weighted by Crippen LogP contribution is -2.20. The molecule has 0 aliphatic heterocycles. The Kier molecular flexibility index (Phi) is 3.82. The minimum absolute atomic E-state index is 0.0577. The maximum Gasteiger partial charge on any atom is 0.232 e. The Balaban J connectivity index is 2.15. The first kappa shape index (κ1) is 12.6. The zero-order valence-corrected chi connectivity index (χ0v) is 10.9. The standard InChI is InChI=1S/C13H22N2O2/c1-8(2)11(9(3)16)13-14-12(15-17-13)10-6-4-5-7-10/h8-11,16H,4-7H2,1-3H3. The van der Waals surface area contributed by atoms with Gasteiger partial charge in [-0.1, -0.05) is 31.8 Å². The van der Waals surface area contributed by atoms with Crippen LogP contribution >= 0.6 is 0 Å². The van der Waals surface area contributed by atoms with Gasteiger partial charge in [-0.25, -0.2) is 0 Å². The summed E-state index contributed by atoms with van der Waals surface area (Å²) in [5.41, 5.74) is 0. The topological polar surface area (TPSA) is 59.2 Å². The molecule has 2 rings (SSSR count). The minimum Gasteiger partial charge on any atom is -0.393 e. The van der Waals surface area contributed by atoms with Gasteiger partial charge in [0.1, 0.15) is 0 Å². The zero-order chi connectivity index (χ0) is 12.4. The van der Waals surface area contributed by atoms with Crippen LogP contribution in [0.5, 0.6) is 0 Å². The van der Waals surface area contributed by atoms with Crippen molar-refractivity contribution in [1.82, 2.24) is 10.1 Å². The van der Waals surface area contributed by atoms with Gasteiger partial charge < -0.3 is 9.63 Å². The third-order valence-electron chi connectivity index (χ3n) is 3.70. The van der Waals surface area contributed by atoms with Crippen LogP contribution in [0.3, 0.4) is 0 Å². The summed E-state index contributed by atoms with van der Waals surface area (Å²) in [6, 6.07) is 0. The number of nitrogens with zero attached hydrogens (tertiary/aromatic N) is 2. The maximum atomic E-state index is 9.78. The van der Waals surface area contributed by atoms with Crippen molar-refractivity contribution in [1.29, 1.82) is 0 Å². The summed E-state index contributed by atoms with van der Waals surface area (Å²) in [6.45, 7) is 5.91. The summed E-state index contributed by atoms with van der Waals surface area (Å²) in [5, 5.41) is 13.9. The van der Waals surface area contributed by atoms with E-state index in [4.69, 9.17) is 4.52 Å². The lowest BCUT2D eigenvalue weighted by Gasteiger charge is -2.19. The molecule has 2 unspecified atom stereocenters. The van der Waals surface area contributed by atoms with Crippen LogP contribution in [0.4, 0.5) is 0 Å². The van der Waals surface area contributed by atoms with Gasteiger partial charge in [-0.3, -0.25) is 0 Å². The highest BCUT2D eigenvalue weighted by molar-refractivity contribution is 5.02. The van der Waals surface area contributed by atoms with Crippen molar-refractivity contribution < 1.29 is 9.63 Å². The van der Waals surface area contributed by atoms with Crippen LogP contribution in [0.25, 0.3) is 0 Å². The van der Waals surface area contributed by atoms with E-state index in [-0.39, 0.29) is 5.92 Å². The van der Waals surface area contributed by atoms with E-state index in [2.05, 4.69) is 24.0 Å². The monoisotopic (exact) mass is 238 g/mol. The number of aliphatic hydroxyl groups excluding tert-OH is 1. The van der Waals surface area contributed by atoms with Crippen LogP contribution in [-0.4, -0.2) is 21.4 Å². The van der Waals surface area contributed by atoms with Gasteiger partial charge in [-0.15, -0.1) is 0 Å². The largest absolute Gasteiger partial charge is 0.393 e. The fourth-order valence-corrected chi connectivity index (χ4v) is 2.78. The molecule has 0 saturated heterocycles. The van der Waals surface area contributed by atoms with Gasteiger partial charge in [-0.05, 0) is 25.7 Å². The lowest BCUT2D eigenvalue weighted by molar-refractivity contribution is 0.120. The molecule has 1 saturated carbocycles. The molecule has 0 aromatic carbocycles. The predicted molar refractivity (Wildman–Crippen MR) is 64.8 cm³/mol. The van der Waals surface area contributed by atoms with Gasteiger partial charge in [-0.2, -0.15) is 4.98 Å². The first-order chi connectivity index (χ1) is 8.09. The zero-order valence-electron chi connectivity index (χ0n) is 10.9. The second kappa shape index (κ2) is 5.17. The van der Waals surface area contributed by atoms with Crippen LogP contribution in [0.2, 0.25) is 0 Å². The molecule has 1 N–H and O–H groups in total. The maximum absolute atomic E-state index is 9.78. The summed E-state index contributed by atoms with van der Waals surface area (Å²) < 4.78 is 5.34. The van der Waals surface area contributed by atoms with Gasteiger partial charge >= 0.3 is 0 Å². The lowest BCUT2D eigenvalue weighted by atomic mass is 9.91. The molecule has 17 heavy (non-hydrogen) atoms. The van der Waals surface area contributed by atoms with E-state index in [9.17, 15) is 5.11 Å². The van der Waals surface area contributed by atoms with Crippen LogP contribution in [0, 0.1) is 5.92 Å². The molecule has 1 fully saturated rings. The van der Waals surface area contributed by atoms with Crippen LogP contribution in [0.1, 0.15) is 70.0 Å². The van der Waals surface area contributed by atoms with E-state index >= 15 is 0 Å². The molecule has 1 aliphatic carbocycles. The quantitative estimate of drug-likeness (QED) is 0.876. The van der Waals surface area contributed by atoms with Crippen molar-refractivity contribution in [2.75, 3.05) is 0 Å². The Hall–Kier alpha value is -0.900. The van der Waals surface area contributed by atoms with E-state index in [0.717, 1.165) is 5.82 Å². The van der Waals surface area contributed by atoms with Gasteiger partial charge in [0, 0.05) is 5.92 Å². The number of hydrogen-bond donors (Lipinski definition) is 1. The van der Waals surface area contributed by atoms with Crippen molar-refractivity contribution >= 4 is 0 Å². The van der Waals surface area contributed by atoms with E-state index in [1.807, 2.05) is 0 Å². The molecule has 0 amide bonds. The Morgan fingerprint density at radius 3 is 2.41 bits per heavy atom. The van der Waals surface area contributed by atoms with E-state index in [0.29, 0.717) is 17.7 Å². The summed E-state index contributed by atoms with van der Waals surface area (Å²) in [6.07, 6.45) is 4.41. The molecule has 1 aromatic rings. The molecule has 96 valence electrons. The second-order valence-corrected chi connectivity index (χ2v) is 5.48. The smallest absolute Gasteiger partial charge is 0.232 e. The Bertz CT molecular complexity index is 346. The molecule has 2 atom stereocenters. The normalized spacial score (nSPS) is 21.0. The molecular weight excluding hydrogens is 216 g/mol. The Labute approximate surface area is 102 Å². The fourth-order valence-electron chi connectivity index (χ4n) is 2.78. The van der Waals surface area contributed by atoms with Crippen molar-refractivity contribution in [3.8, 4) is 0 Å². The molecule has 0 spiro atoms. The highest BCUT2D eigenvalue weighted by atomic mass is 16.5. The van der Waals surface area contributed by atoms with Gasteiger partial charge in [0.15, 0.2) is 5.82 Å². The molecule has 1 aromatic heterocycles. The molecule has 0 radical (unpaired) electrons. The highest BCUT2D eigenvalue weighted by Gasteiger charge is 2.29. The first-order valence-electron chi connectivity index (χ1n) is 6.61. The third-order valence-corrected chi connectivity index (χ3v) is 3.70. The highest BCUT2D eigenvalue weighted by Crippen LogP contribution is 2.34. The van der Waals surface area contributed by atoms with E-state index in [1.54, 1.807) is 6.92 Å². The van der Waals surface area contributed by atoms with E-state index in [1.165, 1.54) is 25.7 Å². The average Bonchev–Trinajstić information content (AvgIpc) is 2.83. The Morgan fingerprint density at radius 1 is 1.24 bits per heavy atom. The van der Waals surface area contributed by atoms with Crippen molar-refractivity contribution in [2.24, 2.45) is 5.92 Å². The molecule has 1 aliphatic rings. The van der Waals surface area contributed by atoms with Crippen molar-refractivity contribution in [2.45, 2.75) is 64.4 Å². The summed E-state index contributed by atoms with van der Waals surface area (Å²) in [4.78, 5) is 4.50. The molecule has 4 heteroatoms. The van der Waals surface area contributed by atoms with Gasteiger partial charge in [0.05, 0.1) is 12.0 Å². The predicted octanol–water partition coefficient (Wildman–Crippen LogP) is 2.85. The van der Waals surface area contributed by atoms with E-state index < -0.39 is 6.10 Å². The van der Waals surface area contributed by atoms with Crippen molar-refractivity contribution in [3.05, 3.63) is 11.7 Å². The van der Waals surface area contributed by atoms with Crippen LogP contribution in [0.15, 0.2) is 4.52 Å². The first-order valence-corrected chi connectivity index (χ1v) is 6.61. The van der Waals surface area contributed by atoms with Crippen LogP contribution < -0.4 is 0 Å². The minimum atomic E-state index is -0.452. The summed E-state index contributed by atoms with van der Waals surface area (Å²) in [5.74, 6) is 2.14. The van der Waals surface area contributed by atoms with Crippen LogP contribution in [-0.2, 0) is 0 Å². The van der Waals surface area contributed by atoms with Gasteiger partial charge in [0.25, 0.3) is 0 Å². The van der Waals surface area contributed by atoms with Crippen molar-refractivity contribution in [3.63, 3.8) is 0 Å². The Morgan fingerprint density at radius 2 is 1.88 bits per heavy atom. The summed E-state index contributed by atoms with van der Waals surface area (Å²) in [7, 11) is 0. The fraction of sp³-hybridized carbons (Fsp3) is 0.846. The number of aliphatic hydroxyl groups is 1. The molecule has 4 nitrogen and oxygen atoms in total. The molecule has 0 bridgehead atoms. The number of rotatable bonds is 4. The average molecular weight is 238 g/mol. The molecule has 1 heterocycles.